The van der Waals surface area contributed by atoms with Crippen LogP contribution in [0.1, 0.15) is 16.1 Å². The number of nitrogens with zero attached hydrogens (tertiary/aromatic N) is 1. The minimum absolute atomic E-state index is 0.204. The first kappa shape index (κ1) is 16.9. The van der Waals surface area contributed by atoms with Crippen LogP contribution in [0.15, 0.2) is 66.9 Å². The van der Waals surface area contributed by atoms with Crippen molar-refractivity contribution in [1.29, 1.82) is 0 Å². The maximum atomic E-state index is 12.2. The van der Waals surface area contributed by atoms with Gasteiger partial charge in [-0.25, -0.2) is 4.98 Å². The number of nitrogens with one attached hydrogen (secondary N) is 2. The van der Waals surface area contributed by atoms with Crippen LogP contribution in [-0.2, 0) is 6.54 Å². The molecule has 4 rings (SSSR count). The molecule has 6 nitrogen and oxygen atoms in total. The van der Waals surface area contributed by atoms with Gasteiger partial charge in [-0.3, -0.25) is 4.79 Å². The molecule has 2 N–H and O–H groups in total. The molecule has 0 aliphatic carbocycles. The molecular weight excluding hydrogens is 342 g/mol. The van der Waals surface area contributed by atoms with Gasteiger partial charge < -0.3 is 20.1 Å². The number of fused-ring (bicyclic) bond motifs is 1. The zero-order valence-electron chi connectivity index (χ0n) is 14.6. The number of hydrogen-bond acceptors (Lipinski definition) is 5. The van der Waals surface area contributed by atoms with E-state index < -0.39 is 0 Å². The first-order valence-corrected chi connectivity index (χ1v) is 8.73. The van der Waals surface area contributed by atoms with Crippen molar-refractivity contribution in [2.75, 3.05) is 18.5 Å². The molecule has 0 unspecified atom stereocenters. The van der Waals surface area contributed by atoms with Crippen LogP contribution in [0.3, 0.4) is 0 Å². The fourth-order valence-corrected chi connectivity index (χ4v) is 2.76. The molecule has 0 saturated carbocycles. The summed E-state index contributed by atoms with van der Waals surface area (Å²) < 4.78 is 11.1. The van der Waals surface area contributed by atoms with Crippen molar-refractivity contribution in [3.63, 3.8) is 0 Å². The van der Waals surface area contributed by atoms with Crippen LogP contribution in [0.4, 0.5) is 11.4 Å². The Balaban J connectivity index is 1.38. The van der Waals surface area contributed by atoms with Crippen molar-refractivity contribution < 1.29 is 14.3 Å². The summed E-state index contributed by atoms with van der Waals surface area (Å²) in [5.41, 5.74) is 3.06. The first-order valence-electron chi connectivity index (χ1n) is 8.73. The van der Waals surface area contributed by atoms with Gasteiger partial charge in [0.1, 0.15) is 18.9 Å². The molecule has 1 amide bonds. The maximum Gasteiger partial charge on any atom is 0.270 e. The minimum Gasteiger partial charge on any atom is -0.486 e. The van der Waals surface area contributed by atoms with Crippen molar-refractivity contribution in [2.45, 2.75) is 6.54 Å². The molecule has 1 aliphatic rings. The summed E-state index contributed by atoms with van der Waals surface area (Å²) in [6, 6.07) is 18.9. The minimum atomic E-state index is -0.204. The molecule has 0 bridgehead atoms. The van der Waals surface area contributed by atoms with Gasteiger partial charge in [-0.15, -0.1) is 0 Å². The van der Waals surface area contributed by atoms with Crippen molar-refractivity contribution in [2.24, 2.45) is 0 Å². The van der Waals surface area contributed by atoms with E-state index in [1.54, 1.807) is 12.3 Å². The van der Waals surface area contributed by atoms with Crippen LogP contribution >= 0.6 is 0 Å². The number of amides is 1. The lowest BCUT2D eigenvalue weighted by Crippen LogP contribution is -2.23. The number of aromatic nitrogens is 1. The van der Waals surface area contributed by atoms with E-state index in [0.29, 0.717) is 25.5 Å². The quantitative estimate of drug-likeness (QED) is 0.727. The van der Waals surface area contributed by atoms with Gasteiger partial charge in [-0.1, -0.05) is 30.3 Å². The molecular formula is C21H19N3O3. The molecule has 0 fully saturated rings. The van der Waals surface area contributed by atoms with Crippen molar-refractivity contribution >= 4 is 17.3 Å². The molecule has 27 heavy (non-hydrogen) atoms. The van der Waals surface area contributed by atoms with Crippen LogP contribution in [0.25, 0.3) is 0 Å². The number of pyridine rings is 1. The van der Waals surface area contributed by atoms with E-state index in [1.807, 2.05) is 54.6 Å². The average molecular weight is 361 g/mol. The summed E-state index contributed by atoms with van der Waals surface area (Å²) in [5.74, 6) is 1.26. The lowest BCUT2D eigenvalue weighted by Gasteiger charge is -2.19. The number of hydrogen-bond donors (Lipinski definition) is 2. The third kappa shape index (κ3) is 4.17. The van der Waals surface area contributed by atoms with Gasteiger partial charge in [-0.05, 0) is 29.8 Å². The van der Waals surface area contributed by atoms with E-state index in [-0.39, 0.29) is 5.91 Å². The normalized spacial score (nSPS) is 12.3. The molecule has 2 heterocycles. The zero-order chi connectivity index (χ0) is 18.5. The van der Waals surface area contributed by atoms with Crippen LogP contribution in [-0.4, -0.2) is 24.1 Å². The highest BCUT2D eigenvalue weighted by Gasteiger charge is 2.12. The monoisotopic (exact) mass is 361 g/mol. The van der Waals surface area contributed by atoms with Gasteiger partial charge in [0.15, 0.2) is 11.5 Å². The molecule has 1 aliphatic heterocycles. The highest BCUT2D eigenvalue weighted by molar-refractivity contribution is 5.92. The second kappa shape index (κ2) is 7.78. The SMILES string of the molecule is O=C(NCc1ccccc1)c1ccc(Nc2ccc3c(c2)OCCO3)cn1. The van der Waals surface area contributed by atoms with E-state index >= 15 is 0 Å². The Bertz CT molecular complexity index is 927. The zero-order valence-corrected chi connectivity index (χ0v) is 14.6. The molecule has 2 aromatic carbocycles. The predicted octanol–water partition coefficient (Wildman–Crippen LogP) is 3.53. The third-order valence-electron chi connectivity index (χ3n) is 4.12. The van der Waals surface area contributed by atoms with Gasteiger partial charge in [0.2, 0.25) is 0 Å². The van der Waals surface area contributed by atoms with Gasteiger partial charge in [0, 0.05) is 18.3 Å². The van der Waals surface area contributed by atoms with E-state index in [1.165, 1.54) is 0 Å². The average Bonchev–Trinajstić information content (AvgIpc) is 2.73. The largest absolute Gasteiger partial charge is 0.486 e. The number of carbonyl (C=O) groups excluding carboxylic acids is 1. The van der Waals surface area contributed by atoms with Crippen LogP contribution in [0, 0.1) is 0 Å². The Morgan fingerprint density at radius 2 is 1.70 bits per heavy atom. The Labute approximate surface area is 157 Å². The predicted molar refractivity (Wildman–Crippen MR) is 103 cm³/mol. The summed E-state index contributed by atoms with van der Waals surface area (Å²) in [6.45, 7) is 1.58. The highest BCUT2D eigenvalue weighted by Crippen LogP contribution is 2.33. The van der Waals surface area contributed by atoms with Crippen molar-refractivity contribution in [1.82, 2.24) is 10.3 Å². The Kier molecular flexibility index (Phi) is 4.87. The Morgan fingerprint density at radius 3 is 2.48 bits per heavy atom. The molecule has 6 heteroatoms. The van der Waals surface area contributed by atoms with Crippen molar-refractivity contribution in [3.05, 3.63) is 78.1 Å². The summed E-state index contributed by atoms with van der Waals surface area (Å²) in [7, 11) is 0. The lowest BCUT2D eigenvalue weighted by atomic mass is 10.2. The fraction of sp³-hybridized carbons (Fsp3) is 0.143. The molecule has 0 spiro atoms. The van der Waals surface area contributed by atoms with E-state index in [9.17, 15) is 4.79 Å². The van der Waals surface area contributed by atoms with Crippen molar-refractivity contribution in [3.8, 4) is 11.5 Å². The summed E-state index contributed by atoms with van der Waals surface area (Å²) in [6.07, 6.45) is 1.63. The topological polar surface area (TPSA) is 72.5 Å². The number of anilines is 2. The first-order chi connectivity index (χ1) is 13.3. The maximum absolute atomic E-state index is 12.2. The molecule has 136 valence electrons. The Hall–Kier alpha value is -3.54. The van der Waals surface area contributed by atoms with Gasteiger partial charge in [0.25, 0.3) is 5.91 Å². The summed E-state index contributed by atoms with van der Waals surface area (Å²) in [5, 5.41) is 6.11. The number of rotatable bonds is 5. The summed E-state index contributed by atoms with van der Waals surface area (Å²) in [4.78, 5) is 16.5. The number of carbonyl (C=O) groups is 1. The number of ether oxygens (including phenoxy) is 2. The van der Waals surface area contributed by atoms with Gasteiger partial charge >= 0.3 is 0 Å². The standard InChI is InChI=1S/C21H19N3O3/c25-21(23-13-15-4-2-1-3-5-15)18-8-6-17(14-22-18)24-16-7-9-19-20(12-16)27-11-10-26-19/h1-9,12,14,24H,10-11,13H2,(H,23,25). The molecule has 0 atom stereocenters. The fourth-order valence-electron chi connectivity index (χ4n) is 2.76. The molecule has 0 radical (unpaired) electrons. The van der Waals surface area contributed by atoms with Gasteiger partial charge in [0.05, 0.1) is 11.9 Å². The van der Waals surface area contributed by atoms with E-state index in [4.69, 9.17) is 9.47 Å². The molecule has 1 aromatic heterocycles. The molecule has 3 aromatic rings. The van der Waals surface area contributed by atoms with E-state index in [2.05, 4.69) is 15.6 Å². The van der Waals surface area contributed by atoms with Crippen LogP contribution in [0.5, 0.6) is 11.5 Å². The third-order valence-corrected chi connectivity index (χ3v) is 4.12. The smallest absolute Gasteiger partial charge is 0.270 e. The molecule has 0 saturated heterocycles. The summed E-state index contributed by atoms with van der Waals surface area (Å²) >= 11 is 0. The Morgan fingerprint density at radius 1 is 0.926 bits per heavy atom. The second-order valence-electron chi connectivity index (χ2n) is 6.08. The van der Waals surface area contributed by atoms with Gasteiger partial charge in [-0.2, -0.15) is 0 Å². The lowest BCUT2D eigenvalue weighted by molar-refractivity contribution is 0.0946. The number of benzene rings is 2. The highest BCUT2D eigenvalue weighted by atomic mass is 16.6. The second-order valence-corrected chi connectivity index (χ2v) is 6.08. The van der Waals surface area contributed by atoms with Crippen LogP contribution in [0.2, 0.25) is 0 Å². The van der Waals surface area contributed by atoms with E-state index in [0.717, 1.165) is 28.4 Å². The van der Waals surface area contributed by atoms with Crippen LogP contribution < -0.4 is 20.1 Å².